The molecular weight excluding hydrogens is 296 g/mol. The van der Waals surface area contributed by atoms with E-state index in [2.05, 4.69) is 0 Å². The Kier molecular flexibility index (Phi) is 5.61. The summed E-state index contributed by atoms with van der Waals surface area (Å²) < 4.78 is 5.61. The molecule has 1 N–H and O–H groups in total. The molecule has 5 heteroatoms. The summed E-state index contributed by atoms with van der Waals surface area (Å²) in [7, 11) is 0. The fraction of sp³-hybridized carbons (Fsp3) is 0.533. The molecule has 0 bridgehead atoms. The molecule has 0 atom stereocenters. The highest BCUT2D eigenvalue weighted by molar-refractivity contribution is 7.99. The third kappa shape index (κ3) is 5.25. The zero-order valence-electron chi connectivity index (χ0n) is 11.3. The lowest BCUT2D eigenvalue weighted by molar-refractivity contribution is -0.138. The Balaban J connectivity index is 1.54. The summed E-state index contributed by atoms with van der Waals surface area (Å²) in [5.74, 6) is 2.13. The summed E-state index contributed by atoms with van der Waals surface area (Å²) in [4.78, 5) is 10.7. The van der Waals surface area contributed by atoms with Crippen molar-refractivity contribution in [3.05, 3.63) is 29.3 Å². The van der Waals surface area contributed by atoms with Gasteiger partial charge in [0.1, 0.15) is 5.75 Å². The van der Waals surface area contributed by atoms with Crippen LogP contribution in [-0.4, -0.2) is 29.2 Å². The van der Waals surface area contributed by atoms with Gasteiger partial charge in [0.25, 0.3) is 0 Å². The lowest BCUT2D eigenvalue weighted by atomic mass is 10.1. The second-order valence-electron chi connectivity index (χ2n) is 5.28. The molecule has 20 heavy (non-hydrogen) atoms. The van der Waals surface area contributed by atoms with Crippen LogP contribution in [0, 0.1) is 5.41 Å². The van der Waals surface area contributed by atoms with Crippen molar-refractivity contribution >= 4 is 29.3 Å². The van der Waals surface area contributed by atoms with Crippen molar-refractivity contribution in [2.45, 2.75) is 25.7 Å². The zero-order chi connectivity index (χ0) is 14.4. The highest BCUT2D eigenvalue weighted by atomic mass is 35.5. The minimum Gasteiger partial charge on any atom is -0.494 e. The number of carboxylic acid groups (broad SMARTS) is 1. The van der Waals surface area contributed by atoms with E-state index in [0.29, 0.717) is 18.1 Å². The first kappa shape index (κ1) is 15.5. The van der Waals surface area contributed by atoms with Crippen LogP contribution >= 0.6 is 23.4 Å². The number of thioether (sulfide) groups is 1. The molecule has 1 fully saturated rings. The van der Waals surface area contributed by atoms with Gasteiger partial charge in [-0.15, -0.1) is 0 Å². The van der Waals surface area contributed by atoms with Crippen LogP contribution in [0.25, 0.3) is 0 Å². The number of rotatable bonds is 9. The second-order valence-corrected chi connectivity index (χ2v) is 6.82. The molecule has 1 aliphatic rings. The molecule has 0 aliphatic heterocycles. The monoisotopic (exact) mass is 314 g/mol. The fourth-order valence-electron chi connectivity index (χ4n) is 2.04. The fourth-order valence-corrected chi connectivity index (χ4v) is 3.46. The van der Waals surface area contributed by atoms with E-state index in [0.717, 1.165) is 36.5 Å². The molecule has 0 aromatic heterocycles. The number of carbonyl (C=O) groups is 1. The molecule has 1 aliphatic carbocycles. The molecule has 0 amide bonds. The van der Waals surface area contributed by atoms with E-state index in [1.165, 1.54) is 0 Å². The number of carboxylic acids is 1. The Hall–Kier alpha value is -0.870. The van der Waals surface area contributed by atoms with E-state index in [1.807, 2.05) is 36.0 Å². The first-order valence-corrected chi connectivity index (χ1v) is 8.31. The van der Waals surface area contributed by atoms with Crippen LogP contribution < -0.4 is 4.74 Å². The predicted octanol–water partition coefficient (Wildman–Crippen LogP) is 4.10. The maximum absolute atomic E-state index is 10.7. The molecule has 0 spiro atoms. The first-order chi connectivity index (χ1) is 9.60. The van der Waals surface area contributed by atoms with Gasteiger partial charge in [-0.05, 0) is 60.4 Å². The third-order valence-electron chi connectivity index (χ3n) is 3.41. The number of hydrogen-bond acceptors (Lipinski definition) is 3. The summed E-state index contributed by atoms with van der Waals surface area (Å²) in [6, 6.07) is 7.35. The quantitative estimate of drug-likeness (QED) is 0.697. The van der Waals surface area contributed by atoms with Gasteiger partial charge >= 0.3 is 5.97 Å². The van der Waals surface area contributed by atoms with Crippen LogP contribution in [0.4, 0.5) is 0 Å². The van der Waals surface area contributed by atoms with Gasteiger partial charge in [0.05, 0.1) is 13.0 Å². The normalized spacial score (nSPS) is 15.8. The number of halogens is 1. The Morgan fingerprint density at radius 1 is 1.35 bits per heavy atom. The van der Waals surface area contributed by atoms with Gasteiger partial charge in [0.15, 0.2) is 0 Å². The van der Waals surface area contributed by atoms with Crippen LogP contribution in [0.5, 0.6) is 5.75 Å². The molecule has 0 heterocycles. The van der Waals surface area contributed by atoms with Gasteiger partial charge in [-0.25, -0.2) is 0 Å². The molecule has 2 rings (SSSR count). The van der Waals surface area contributed by atoms with E-state index in [1.54, 1.807) is 0 Å². The largest absolute Gasteiger partial charge is 0.494 e. The molecule has 110 valence electrons. The molecule has 0 unspecified atom stereocenters. The van der Waals surface area contributed by atoms with E-state index < -0.39 is 5.97 Å². The molecule has 1 aromatic carbocycles. The Morgan fingerprint density at radius 3 is 2.65 bits per heavy atom. The van der Waals surface area contributed by atoms with Crippen molar-refractivity contribution in [3.63, 3.8) is 0 Å². The smallest absolute Gasteiger partial charge is 0.303 e. The van der Waals surface area contributed by atoms with Crippen LogP contribution in [0.2, 0.25) is 5.02 Å². The molecule has 3 nitrogen and oxygen atoms in total. The third-order valence-corrected chi connectivity index (χ3v) is 5.05. The van der Waals surface area contributed by atoms with Gasteiger partial charge in [0.2, 0.25) is 0 Å². The average molecular weight is 315 g/mol. The number of aliphatic carboxylic acids is 1. The SMILES string of the molecule is O=C(O)CC1(CSCCCOc2ccc(Cl)cc2)CC1. The topological polar surface area (TPSA) is 46.5 Å². The highest BCUT2D eigenvalue weighted by Gasteiger charge is 2.43. The zero-order valence-corrected chi connectivity index (χ0v) is 12.9. The number of ether oxygens (including phenoxy) is 1. The molecule has 0 radical (unpaired) electrons. The van der Waals surface area contributed by atoms with Crippen LogP contribution in [-0.2, 0) is 4.79 Å². The summed E-state index contributed by atoms with van der Waals surface area (Å²) in [6.07, 6.45) is 3.42. The molecule has 1 aromatic rings. The maximum atomic E-state index is 10.7. The van der Waals surface area contributed by atoms with Crippen LogP contribution in [0.3, 0.4) is 0 Å². The van der Waals surface area contributed by atoms with E-state index in [9.17, 15) is 4.79 Å². The van der Waals surface area contributed by atoms with Crippen LogP contribution in [0.1, 0.15) is 25.7 Å². The van der Waals surface area contributed by atoms with Crippen molar-refractivity contribution in [2.75, 3.05) is 18.1 Å². The lowest BCUT2D eigenvalue weighted by Crippen LogP contribution is -2.11. The van der Waals surface area contributed by atoms with E-state index in [4.69, 9.17) is 21.4 Å². The summed E-state index contributed by atoms with van der Waals surface area (Å²) in [6.45, 7) is 0.681. The van der Waals surface area contributed by atoms with Gasteiger partial charge in [-0.1, -0.05) is 11.6 Å². The predicted molar refractivity (Wildman–Crippen MR) is 82.8 cm³/mol. The summed E-state index contributed by atoms with van der Waals surface area (Å²) >= 11 is 7.64. The van der Waals surface area contributed by atoms with Crippen LogP contribution in [0.15, 0.2) is 24.3 Å². The number of hydrogen-bond donors (Lipinski definition) is 1. The average Bonchev–Trinajstić information content (AvgIpc) is 3.15. The van der Waals surface area contributed by atoms with E-state index in [-0.39, 0.29) is 5.41 Å². The Bertz CT molecular complexity index is 443. The molecule has 0 saturated heterocycles. The minimum absolute atomic E-state index is 0.0908. The van der Waals surface area contributed by atoms with Crippen molar-refractivity contribution in [3.8, 4) is 5.75 Å². The summed E-state index contributed by atoms with van der Waals surface area (Å²) in [5.41, 5.74) is 0.0908. The lowest BCUT2D eigenvalue weighted by Gasteiger charge is -2.11. The van der Waals surface area contributed by atoms with Gasteiger partial charge in [-0.2, -0.15) is 11.8 Å². The van der Waals surface area contributed by atoms with Gasteiger partial charge in [0, 0.05) is 5.02 Å². The van der Waals surface area contributed by atoms with Crippen molar-refractivity contribution in [2.24, 2.45) is 5.41 Å². The standard InChI is InChI=1S/C15H19ClO3S/c16-12-2-4-13(5-3-12)19-8-1-9-20-11-15(6-7-15)10-14(17)18/h2-5H,1,6-11H2,(H,17,18). The maximum Gasteiger partial charge on any atom is 0.303 e. The minimum atomic E-state index is -0.672. The van der Waals surface area contributed by atoms with Crippen molar-refractivity contribution in [1.82, 2.24) is 0 Å². The first-order valence-electron chi connectivity index (χ1n) is 6.78. The van der Waals surface area contributed by atoms with Gasteiger partial charge in [-0.3, -0.25) is 4.79 Å². The number of benzene rings is 1. The second kappa shape index (κ2) is 7.23. The summed E-state index contributed by atoms with van der Waals surface area (Å²) in [5, 5.41) is 9.55. The van der Waals surface area contributed by atoms with Crippen molar-refractivity contribution in [1.29, 1.82) is 0 Å². The van der Waals surface area contributed by atoms with E-state index >= 15 is 0 Å². The Labute approximate surface area is 128 Å². The highest BCUT2D eigenvalue weighted by Crippen LogP contribution is 2.51. The molecular formula is C15H19ClO3S. The van der Waals surface area contributed by atoms with Crippen molar-refractivity contribution < 1.29 is 14.6 Å². The molecule has 1 saturated carbocycles. The van der Waals surface area contributed by atoms with Gasteiger partial charge < -0.3 is 9.84 Å². The Morgan fingerprint density at radius 2 is 2.05 bits per heavy atom.